The van der Waals surface area contributed by atoms with Crippen LogP contribution in [-0.2, 0) is 14.3 Å². The normalized spacial score (nSPS) is 27.4. The number of halogens is 1. The fourth-order valence-electron chi connectivity index (χ4n) is 4.28. The summed E-state index contributed by atoms with van der Waals surface area (Å²) < 4.78 is 3.02. The summed E-state index contributed by atoms with van der Waals surface area (Å²) >= 11 is 4.76. The van der Waals surface area contributed by atoms with Crippen LogP contribution < -0.4 is 0 Å². The van der Waals surface area contributed by atoms with Gasteiger partial charge in [-0.1, -0.05) is 71.0 Å². The first-order valence-electron chi connectivity index (χ1n) is 9.81. The van der Waals surface area contributed by atoms with E-state index in [0.717, 1.165) is 5.39 Å². The van der Waals surface area contributed by atoms with Crippen LogP contribution in [0.3, 0.4) is 0 Å². The van der Waals surface area contributed by atoms with Crippen molar-refractivity contribution in [2.75, 3.05) is 6.61 Å². The van der Waals surface area contributed by atoms with Gasteiger partial charge >= 0.3 is 5.97 Å². The van der Waals surface area contributed by atoms with E-state index >= 15 is 0 Å². The van der Waals surface area contributed by atoms with Crippen molar-refractivity contribution >= 4 is 56.1 Å². The van der Waals surface area contributed by atoms with Crippen molar-refractivity contribution in [1.82, 2.24) is 4.90 Å². The maximum atomic E-state index is 13.3. The molecule has 1 unspecified atom stereocenters. The average molecular weight is 504 g/mol. The number of thioether (sulfide) groups is 1. The predicted octanol–water partition coefficient (Wildman–Crippen LogP) is 3.31. The first-order chi connectivity index (χ1) is 14.6. The van der Waals surface area contributed by atoms with E-state index in [2.05, 4.69) is 22.5 Å². The quantitative estimate of drug-likeness (QED) is 0.214. The number of carbonyl (C=O) groups is 3. The molecule has 162 valence electrons. The second-order valence-corrected chi connectivity index (χ2v) is 11.2. The minimum absolute atomic E-state index is 0.0461. The highest BCUT2D eigenvalue weighted by Crippen LogP contribution is 2.59. The fraction of sp³-hybridized carbons (Fsp3) is 0.348. The van der Waals surface area contributed by atoms with E-state index in [1.807, 2.05) is 44.2 Å². The Hall–Kier alpha value is -2.16. The number of alkyl halides is 1. The monoisotopic (exact) mass is 503 g/mol. The van der Waals surface area contributed by atoms with Crippen molar-refractivity contribution in [3.63, 3.8) is 0 Å². The van der Waals surface area contributed by atoms with Crippen molar-refractivity contribution in [2.45, 2.75) is 40.4 Å². The van der Waals surface area contributed by atoms with Crippen LogP contribution in [0.15, 0.2) is 55.1 Å². The average Bonchev–Trinajstić information content (AvgIpc) is 3.04. The molecule has 0 bridgehead atoms. The maximum Gasteiger partial charge on any atom is 0.330 e. The number of nitrogens with zero attached hydrogens (tertiary/aromatic N) is 1. The van der Waals surface area contributed by atoms with Crippen LogP contribution in [0.4, 0.5) is 0 Å². The SMILES string of the molecule is C=CCOC(=O)[C@@H]1N2C(=O)[C@@](Br)(C(O)C(=O)c3cccc4ccccc34)[C@H]2SC1(C)C. The number of fused-ring (bicyclic) bond motifs is 2. The Bertz CT molecular complexity index is 1100. The second-order valence-electron chi connectivity index (χ2n) is 8.17. The predicted molar refractivity (Wildman–Crippen MR) is 123 cm³/mol. The molecule has 0 aromatic heterocycles. The highest BCUT2D eigenvalue weighted by atomic mass is 79.9. The molecule has 2 heterocycles. The molecule has 31 heavy (non-hydrogen) atoms. The number of rotatable bonds is 6. The molecule has 1 N–H and O–H groups in total. The van der Waals surface area contributed by atoms with Crippen molar-refractivity contribution < 1.29 is 24.2 Å². The zero-order valence-electron chi connectivity index (χ0n) is 17.1. The molecule has 2 fully saturated rings. The van der Waals surface area contributed by atoms with E-state index in [1.54, 1.807) is 12.1 Å². The zero-order chi connectivity index (χ0) is 22.6. The lowest BCUT2D eigenvalue weighted by molar-refractivity contribution is -0.165. The van der Waals surface area contributed by atoms with Crippen LogP contribution in [0.2, 0.25) is 0 Å². The van der Waals surface area contributed by atoms with E-state index in [-0.39, 0.29) is 6.61 Å². The van der Waals surface area contributed by atoms with Crippen LogP contribution in [0.5, 0.6) is 0 Å². The van der Waals surface area contributed by atoms with Gasteiger partial charge in [-0.3, -0.25) is 9.59 Å². The molecule has 2 saturated heterocycles. The van der Waals surface area contributed by atoms with Gasteiger partial charge in [0, 0.05) is 10.3 Å². The maximum absolute atomic E-state index is 13.3. The third-order valence-electron chi connectivity index (χ3n) is 5.79. The van der Waals surface area contributed by atoms with E-state index in [1.165, 1.54) is 22.7 Å². The lowest BCUT2D eigenvalue weighted by Crippen LogP contribution is -2.75. The van der Waals surface area contributed by atoms with Gasteiger partial charge in [0.1, 0.15) is 24.1 Å². The van der Waals surface area contributed by atoms with Gasteiger partial charge in [0.15, 0.2) is 10.1 Å². The second kappa shape index (κ2) is 7.76. The number of amides is 1. The van der Waals surface area contributed by atoms with Crippen molar-refractivity contribution in [2.24, 2.45) is 0 Å². The molecule has 0 saturated carbocycles. The van der Waals surface area contributed by atoms with Gasteiger partial charge in [-0.05, 0) is 24.6 Å². The first kappa shape index (κ1) is 22.0. The molecule has 4 rings (SSSR count). The number of β-lactam (4-membered cyclic amide) rings is 1. The van der Waals surface area contributed by atoms with Crippen molar-refractivity contribution in [1.29, 1.82) is 0 Å². The molecule has 0 spiro atoms. The number of esters is 1. The molecule has 4 atom stereocenters. The van der Waals surface area contributed by atoms with Crippen molar-refractivity contribution in [3.05, 3.63) is 60.7 Å². The number of ether oxygens (including phenoxy) is 1. The van der Waals surface area contributed by atoms with E-state index in [9.17, 15) is 19.5 Å². The molecule has 2 aromatic carbocycles. The van der Waals surface area contributed by atoms with E-state index < -0.39 is 44.3 Å². The third kappa shape index (κ3) is 3.23. The molecule has 0 aliphatic carbocycles. The zero-order valence-corrected chi connectivity index (χ0v) is 19.5. The van der Waals surface area contributed by atoms with Gasteiger partial charge in [-0.25, -0.2) is 4.79 Å². The minimum atomic E-state index is -1.61. The Morgan fingerprint density at radius 1 is 1.29 bits per heavy atom. The van der Waals surface area contributed by atoms with Crippen LogP contribution in [0.25, 0.3) is 10.8 Å². The first-order valence-corrected chi connectivity index (χ1v) is 11.5. The highest BCUT2D eigenvalue weighted by Gasteiger charge is 2.74. The van der Waals surface area contributed by atoms with Gasteiger partial charge in [-0.15, -0.1) is 11.8 Å². The molecule has 2 aliphatic rings. The number of benzene rings is 2. The number of ketones is 1. The lowest BCUT2D eigenvalue weighted by atomic mass is 9.83. The number of hydrogen-bond donors (Lipinski definition) is 1. The Kier molecular flexibility index (Phi) is 5.52. The van der Waals surface area contributed by atoms with Crippen LogP contribution in [-0.4, -0.2) is 60.9 Å². The molecule has 8 heteroatoms. The summed E-state index contributed by atoms with van der Waals surface area (Å²) in [5.41, 5.74) is 0.347. The summed E-state index contributed by atoms with van der Waals surface area (Å²) in [5, 5.41) is 12.1. The Morgan fingerprint density at radius 3 is 2.68 bits per heavy atom. The van der Waals surface area contributed by atoms with Crippen LogP contribution >= 0.6 is 27.7 Å². The Balaban J connectivity index is 1.65. The summed E-state index contributed by atoms with van der Waals surface area (Å²) in [7, 11) is 0. The molecule has 2 aliphatic heterocycles. The summed E-state index contributed by atoms with van der Waals surface area (Å²) in [6.07, 6.45) is -0.151. The Morgan fingerprint density at radius 2 is 1.97 bits per heavy atom. The molecule has 2 aromatic rings. The fourth-order valence-corrected chi connectivity index (χ4v) is 6.84. The molecular formula is C23H22BrNO5S. The highest BCUT2D eigenvalue weighted by molar-refractivity contribution is 9.10. The molecule has 0 radical (unpaired) electrons. The van der Waals surface area contributed by atoms with Gasteiger partial charge in [-0.2, -0.15) is 0 Å². The van der Waals surface area contributed by atoms with E-state index in [4.69, 9.17) is 4.74 Å². The summed E-state index contributed by atoms with van der Waals surface area (Å²) in [6, 6.07) is 11.8. The third-order valence-corrected chi connectivity index (χ3v) is 8.96. The van der Waals surface area contributed by atoms with Gasteiger partial charge in [0.2, 0.25) is 5.91 Å². The number of Topliss-reactive ketones (excluding diaryl/α,β-unsaturated/α-hetero) is 1. The summed E-state index contributed by atoms with van der Waals surface area (Å²) in [4.78, 5) is 40.5. The summed E-state index contributed by atoms with van der Waals surface area (Å²) in [6.45, 7) is 7.26. The van der Waals surface area contributed by atoms with Crippen LogP contribution in [0, 0.1) is 0 Å². The Labute approximate surface area is 192 Å². The number of hydrogen-bond acceptors (Lipinski definition) is 6. The molecule has 6 nitrogen and oxygen atoms in total. The van der Waals surface area contributed by atoms with Crippen LogP contribution in [0.1, 0.15) is 24.2 Å². The molecule has 1 amide bonds. The van der Waals surface area contributed by atoms with E-state index in [0.29, 0.717) is 10.9 Å². The standard InChI is InChI=1S/C23H22BrNO5S/c1-4-12-30-19(28)17-22(2,3)31-21-23(24,20(29)25(17)21)18(27)16(26)15-11-7-9-13-8-5-6-10-14(13)15/h4-11,17-18,21,27H,1,12H2,2-3H3/t17-,18?,21+,23-/m0/s1. The minimum Gasteiger partial charge on any atom is -0.460 e. The largest absolute Gasteiger partial charge is 0.460 e. The number of aliphatic hydroxyl groups excluding tert-OH is 1. The smallest absolute Gasteiger partial charge is 0.330 e. The topological polar surface area (TPSA) is 83.9 Å². The van der Waals surface area contributed by atoms with Gasteiger partial charge < -0.3 is 14.7 Å². The van der Waals surface area contributed by atoms with Crippen molar-refractivity contribution in [3.8, 4) is 0 Å². The number of carbonyl (C=O) groups excluding carboxylic acids is 3. The lowest BCUT2D eigenvalue weighted by Gasteiger charge is -2.51. The van der Waals surface area contributed by atoms with Gasteiger partial charge in [0.25, 0.3) is 0 Å². The molecular weight excluding hydrogens is 482 g/mol. The van der Waals surface area contributed by atoms with Gasteiger partial charge in [0.05, 0.1) is 0 Å². The number of aliphatic hydroxyl groups is 1. The summed E-state index contributed by atoms with van der Waals surface area (Å²) in [5.74, 6) is -1.58.